The second kappa shape index (κ2) is 8.11. The molecule has 2 aromatic rings. The fourth-order valence-corrected chi connectivity index (χ4v) is 3.51. The lowest BCUT2D eigenvalue weighted by Crippen LogP contribution is -2.31. The van der Waals surface area contributed by atoms with E-state index in [4.69, 9.17) is 5.73 Å². The van der Waals surface area contributed by atoms with Gasteiger partial charge in [-0.1, -0.05) is 19.3 Å². The van der Waals surface area contributed by atoms with Gasteiger partial charge in [0.1, 0.15) is 5.82 Å². The Morgan fingerprint density at radius 2 is 2.15 bits per heavy atom. The number of carbonyl (C=O) groups excluding carboxylic acids is 2. The minimum atomic E-state index is -0.470. The summed E-state index contributed by atoms with van der Waals surface area (Å²) >= 11 is 0. The molecule has 9 heteroatoms. The minimum absolute atomic E-state index is 0.0103. The summed E-state index contributed by atoms with van der Waals surface area (Å²) in [5, 5.41) is 7.51. The summed E-state index contributed by atoms with van der Waals surface area (Å²) in [6, 6.07) is -0.130. The van der Waals surface area contributed by atoms with Crippen molar-refractivity contribution in [3.63, 3.8) is 0 Å². The van der Waals surface area contributed by atoms with Gasteiger partial charge in [-0.15, -0.1) is 0 Å². The van der Waals surface area contributed by atoms with Gasteiger partial charge in [-0.2, -0.15) is 5.10 Å². The molecule has 0 bridgehead atoms. The van der Waals surface area contributed by atoms with Gasteiger partial charge in [-0.05, 0) is 12.8 Å². The summed E-state index contributed by atoms with van der Waals surface area (Å²) in [6.07, 6.45) is 9.36. The molecule has 0 radical (unpaired) electrons. The predicted molar refractivity (Wildman–Crippen MR) is 93.9 cm³/mol. The number of hydrogen-bond donors (Lipinski definition) is 3. The summed E-state index contributed by atoms with van der Waals surface area (Å²) in [5.74, 6) is 0.446. The normalized spacial score (nSPS) is 16.3. The van der Waals surface area contributed by atoms with Gasteiger partial charge in [0.05, 0.1) is 24.8 Å². The number of imidazole rings is 1. The average Bonchev–Trinajstić information content (AvgIpc) is 3.24. The van der Waals surface area contributed by atoms with Crippen LogP contribution in [0.5, 0.6) is 0 Å². The topological polar surface area (TPSA) is 132 Å². The van der Waals surface area contributed by atoms with Crippen molar-refractivity contribution in [2.24, 2.45) is 5.73 Å². The van der Waals surface area contributed by atoms with Gasteiger partial charge in [0, 0.05) is 25.2 Å². The van der Waals surface area contributed by atoms with E-state index in [9.17, 15) is 9.59 Å². The molecule has 0 spiro atoms. The number of aromatic amines is 1. The first-order chi connectivity index (χ1) is 12.5. The molecule has 140 valence electrons. The maximum atomic E-state index is 11.8. The van der Waals surface area contributed by atoms with Gasteiger partial charge in [0.15, 0.2) is 5.82 Å². The van der Waals surface area contributed by atoms with Crippen LogP contribution >= 0.6 is 0 Å². The number of primary amides is 1. The molecule has 9 nitrogen and oxygen atoms in total. The van der Waals surface area contributed by atoms with Crippen molar-refractivity contribution in [3.05, 3.63) is 29.9 Å². The Labute approximate surface area is 151 Å². The molecule has 3 rings (SSSR count). The lowest BCUT2D eigenvalue weighted by Gasteiger charge is -2.25. The van der Waals surface area contributed by atoms with E-state index in [0.29, 0.717) is 18.1 Å². The number of carbonyl (C=O) groups is 2. The van der Waals surface area contributed by atoms with Crippen molar-refractivity contribution in [3.8, 4) is 0 Å². The van der Waals surface area contributed by atoms with E-state index >= 15 is 0 Å². The zero-order valence-corrected chi connectivity index (χ0v) is 14.9. The second-order valence-corrected chi connectivity index (χ2v) is 6.80. The highest BCUT2D eigenvalue weighted by molar-refractivity contribution is 5.75. The van der Waals surface area contributed by atoms with Crippen LogP contribution in [0.15, 0.2) is 12.5 Å². The molecule has 1 atom stereocenters. The van der Waals surface area contributed by atoms with E-state index in [0.717, 1.165) is 31.4 Å². The number of nitrogens with zero attached hydrogens (tertiary/aromatic N) is 4. The van der Waals surface area contributed by atoms with Crippen LogP contribution < -0.4 is 11.1 Å². The van der Waals surface area contributed by atoms with Crippen molar-refractivity contribution in [2.45, 2.75) is 64.0 Å². The van der Waals surface area contributed by atoms with Crippen LogP contribution in [-0.2, 0) is 22.4 Å². The molecule has 2 amide bonds. The Balaban J connectivity index is 1.95. The number of nitrogens with one attached hydrogen (secondary N) is 2. The smallest absolute Gasteiger partial charge is 0.225 e. The van der Waals surface area contributed by atoms with Crippen LogP contribution in [0.1, 0.15) is 68.5 Å². The molecule has 1 aliphatic rings. The lowest BCUT2D eigenvalue weighted by molar-refractivity contribution is -0.120. The molecule has 0 saturated heterocycles. The van der Waals surface area contributed by atoms with Crippen LogP contribution in [0.25, 0.3) is 0 Å². The van der Waals surface area contributed by atoms with Crippen LogP contribution in [0.4, 0.5) is 0 Å². The molecule has 2 heterocycles. The first-order valence-electron chi connectivity index (χ1n) is 9.01. The van der Waals surface area contributed by atoms with Crippen molar-refractivity contribution >= 4 is 11.8 Å². The fraction of sp³-hybridized carbons (Fsp3) is 0.588. The van der Waals surface area contributed by atoms with E-state index < -0.39 is 5.91 Å². The average molecular weight is 359 g/mol. The maximum Gasteiger partial charge on any atom is 0.225 e. The zero-order valence-electron chi connectivity index (χ0n) is 14.9. The van der Waals surface area contributed by atoms with Crippen molar-refractivity contribution in [1.82, 2.24) is 30.0 Å². The highest BCUT2D eigenvalue weighted by atomic mass is 16.1. The summed E-state index contributed by atoms with van der Waals surface area (Å²) in [5.41, 5.74) is 6.20. The molecule has 26 heavy (non-hydrogen) atoms. The molecular weight excluding hydrogens is 334 g/mol. The molecule has 2 aromatic heterocycles. The molecule has 0 aromatic carbocycles. The number of rotatable bonds is 7. The number of nitrogens with two attached hydrogens (primary N) is 1. The Bertz CT molecular complexity index is 747. The fourth-order valence-electron chi connectivity index (χ4n) is 3.51. The molecular formula is C17H25N7O2. The number of amides is 2. The molecule has 4 N–H and O–H groups in total. The highest BCUT2D eigenvalue weighted by Crippen LogP contribution is 2.30. The first kappa shape index (κ1) is 18.1. The number of aromatic nitrogens is 5. The largest absolute Gasteiger partial charge is 0.369 e. The van der Waals surface area contributed by atoms with Crippen LogP contribution in [0.2, 0.25) is 0 Å². The maximum absolute atomic E-state index is 11.8. The van der Waals surface area contributed by atoms with Crippen LogP contribution in [0.3, 0.4) is 0 Å². The molecule has 0 unspecified atom stereocenters. The van der Waals surface area contributed by atoms with Gasteiger partial charge >= 0.3 is 0 Å². The first-order valence-corrected chi connectivity index (χ1v) is 9.01. The summed E-state index contributed by atoms with van der Waals surface area (Å²) in [7, 11) is 0. The second-order valence-electron chi connectivity index (χ2n) is 6.80. The van der Waals surface area contributed by atoms with Crippen LogP contribution in [0, 0.1) is 0 Å². The van der Waals surface area contributed by atoms with E-state index in [1.54, 1.807) is 12.5 Å². The standard InChI is InChI=1S/C17H25N7O2/c1-11(25)21-14(7-12-9-19-10-20-12)17-22-16(8-15(18)26)23-24(17)13-5-3-2-4-6-13/h9-10,13-14H,2-8H2,1H3,(H2,18,26)(H,19,20)(H,21,25)/t14-/m0/s1. The Morgan fingerprint density at radius 3 is 2.77 bits per heavy atom. The monoisotopic (exact) mass is 359 g/mol. The number of hydrogen-bond acceptors (Lipinski definition) is 5. The van der Waals surface area contributed by atoms with E-state index in [-0.39, 0.29) is 24.4 Å². The van der Waals surface area contributed by atoms with Crippen molar-refractivity contribution in [2.75, 3.05) is 0 Å². The third-order valence-corrected chi connectivity index (χ3v) is 4.62. The Morgan fingerprint density at radius 1 is 1.38 bits per heavy atom. The summed E-state index contributed by atoms with van der Waals surface area (Å²) in [4.78, 5) is 34.7. The Hall–Kier alpha value is -2.71. The number of H-pyrrole nitrogens is 1. The summed E-state index contributed by atoms with van der Waals surface area (Å²) in [6.45, 7) is 1.48. The van der Waals surface area contributed by atoms with Gasteiger partial charge in [0.25, 0.3) is 0 Å². The van der Waals surface area contributed by atoms with Gasteiger partial charge in [-0.3, -0.25) is 9.59 Å². The van der Waals surface area contributed by atoms with Gasteiger partial charge < -0.3 is 16.0 Å². The zero-order chi connectivity index (χ0) is 18.5. The third kappa shape index (κ3) is 4.47. The minimum Gasteiger partial charge on any atom is -0.369 e. The predicted octanol–water partition coefficient (Wildman–Crippen LogP) is 0.954. The van der Waals surface area contributed by atoms with Crippen molar-refractivity contribution < 1.29 is 9.59 Å². The van der Waals surface area contributed by atoms with Crippen LogP contribution in [-0.4, -0.2) is 36.5 Å². The SMILES string of the molecule is CC(=O)N[C@@H](Cc1cnc[nH]1)c1nc(CC(N)=O)nn1C1CCCCC1. The molecule has 1 aliphatic carbocycles. The molecule has 1 saturated carbocycles. The van der Waals surface area contributed by atoms with Crippen molar-refractivity contribution in [1.29, 1.82) is 0 Å². The molecule has 0 aliphatic heterocycles. The third-order valence-electron chi connectivity index (χ3n) is 4.62. The van der Waals surface area contributed by atoms with Gasteiger partial charge in [0.2, 0.25) is 11.8 Å². The van der Waals surface area contributed by atoms with Gasteiger partial charge in [-0.25, -0.2) is 14.6 Å². The van der Waals surface area contributed by atoms with E-state index in [1.807, 2.05) is 4.68 Å². The Kier molecular flexibility index (Phi) is 5.65. The van der Waals surface area contributed by atoms with E-state index in [2.05, 4.69) is 25.4 Å². The van der Waals surface area contributed by atoms with E-state index in [1.165, 1.54) is 13.3 Å². The molecule has 1 fully saturated rings. The summed E-state index contributed by atoms with van der Waals surface area (Å²) < 4.78 is 1.90. The quantitative estimate of drug-likeness (QED) is 0.677. The highest BCUT2D eigenvalue weighted by Gasteiger charge is 2.27. The lowest BCUT2D eigenvalue weighted by atomic mass is 9.95.